The van der Waals surface area contributed by atoms with E-state index in [2.05, 4.69) is 28.6 Å². The van der Waals surface area contributed by atoms with E-state index in [1.165, 1.54) is 6.26 Å². The van der Waals surface area contributed by atoms with Crippen LogP contribution in [-0.2, 0) is 14.3 Å². The lowest BCUT2D eigenvalue weighted by atomic mass is 9.90. The van der Waals surface area contributed by atoms with E-state index in [4.69, 9.17) is 38.0 Å². The number of anilines is 2. The number of nitrogens with zero attached hydrogens (tertiary/aromatic N) is 6. The molecule has 1 aromatic carbocycles. The van der Waals surface area contributed by atoms with Crippen molar-refractivity contribution in [2.45, 2.75) is 63.8 Å². The van der Waals surface area contributed by atoms with Crippen LogP contribution in [0.2, 0.25) is 0 Å². The smallest absolute Gasteiger partial charge is 0.326 e. The van der Waals surface area contributed by atoms with Crippen LogP contribution in [0.3, 0.4) is 0 Å². The summed E-state index contributed by atoms with van der Waals surface area (Å²) in [6.45, 7) is 10.3. The van der Waals surface area contributed by atoms with Gasteiger partial charge in [-0.15, -0.1) is 0 Å². The Morgan fingerprint density at radius 3 is 2.71 bits per heavy atom. The average Bonchev–Trinajstić information content (AvgIpc) is 3.80. The summed E-state index contributed by atoms with van der Waals surface area (Å²) >= 11 is 0. The number of aromatic nitrogens is 4. The summed E-state index contributed by atoms with van der Waals surface area (Å²) in [4.78, 5) is 35.5. The number of pyridine rings is 1. The quantitative estimate of drug-likeness (QED) is 0.250. The molecule has 252 valence electrons. The lowest BCUT2D eigenvalue weighted by Gasteiger charge is -2.53. The minimum absolute atomic E-state index is 0.0105. The molecule has 3 saturated heterocycles. The minimum atomic E-state index is -0.976. The molecule has 1 spiro atoms. The lowest BCUT2D eigenvalue weighted by Crippen LogP contribution is -2.68. The predicted octanol–water partition coefficient (Wildman–Crippen LogP) is 4.70. The number of carboxylic acids is 1. The van der Waals surface area contributed by atoms with Crippen molar-refractivity contribution < 1.29 is 32.9 Å². The number of carboxylic acid groups (broad SMARTS) is 1. The first kappa shape index (κ1) is 31.1. The molecule has 3 atom stereocenters. The SMILES string of the molecule is Cc1nc(C#Cc2cnc(O[C@H]3C[C@@H](C(=O)O)N(c4nc(C(C)C)nc5c4oc4ccccc45)C3)c(N3CCOC4(COC4)[C@@H]3C)c2)co1. The number of aryl methyl sites for hydroxylation is 1. The maximum absolute atomic E-state index is 12.8. The molecule has 3 aliphatic heterocycles. The Morgan fingerprint density at radius 2 is 1.98 bits per heavy atom. The summed E-state index contributed by atoms with van der Waals surface area (Å²) in [6, 6.07) is 8.66. The van der Waals surface area contributed by atoms with Crippen molar-refractivity contribution in [1.82, 2.24) is 19.9 Å². The van der Waals surface area contributed by atoms with Gasteiger partial charge in [-0.1, -0.05) is 31.9 Å². The summed E-state index contributed by atoms with van der Waals surface area (Å²) in [5, 5.41) is 11.3. The molecule has 0 saturated carbocycles. The van der Waals surface area contributed by atoms with Gasteiger partial charge < -0.3 is 38.0 Å². The molecular formula is C36H36N6O7. The Morgan fingerprint density at radius 1 is 1.14 bits per heavy atom. The number of ether oxygens (including phenoxy) is 3. The Kier molecular flexibility index (Phi) is 7.65. The molecule has 8 rings (SSSR count). The molecule has 3 aliphatic rings. The van der Waals surface area contributed by atoms with E-state index in [9.17, 15) is 9.90 Å². The molecule has 0 unspecified atom stereocenters. The molecule has 5 aromatic rings. The average molecular weight is 665 g/mol. The Labute approximate surface area is 282 Å². The Hall–Kier alpha value is -5.19. The van der Waals surface area contributed by atoms with Gasteiger partial charge in [0.1, 0.15) is 46.6 Å². The highest BCUT2D eigenvalue weighted by Gasteiger charge is 2.50. The number of hydrogen-bond donors (Lipinski definition) is 1. The Bertz CT molecular complexity index is 2130. The number of aliphatic carboxylic acids is 1. The molecule has 0 amide bonds. The Balaban J connectivity index is 1.15. The molecule has 4 aromatic heterocycles. The first-order valence-corrected chi connectivity index (χ1v) is 16.5. The van der Waals surface area contributed by atoms with Crippen LogP contribution < -0.4 is 14.5 Å². The first-order chi connectivity index (χ1) is 23.7. The maximum atomic E-state index is 12.8. The fourth-order valence-electron chi connectivity index (χ4n) is 6.82. The molecule has 1 N–H and O–H groups in total. The topological polar surface area (TPSA) is 149 Å². The van der Waals surface area contributed by atoms with Gasteiger partial charge in [-0.3, -0.25) is 0 Å². The van der Waals surface area contributed by atoms with Gasteiger partial charge in [-0.25, -0.2) is 24.7 Å². The first-order valence-electron chi connectivity index (χ1n) is 16.5. The lowest BCUT2D eigenvalue weighted by molar-refractivity contribution is -0.228. The fourth-order valence-corrected chi connectivity index (χ4v) is 6.82. The maximum Gasteiger partial charge on any atom is 0.326 e. The summed E-state index contributed by atoms with van der Waals surface area (Å²) < 4.78 is 30.0. The van der Waals surface area contributed by atoms with Gasteiger partial charge in [-0.2, -0.15) is 0 Å². The van der Waals surface area contributed by atoms with E-state index in [0.717, 1.165) is 11.1 Å². The second-order valence-corrected chi connectivity index (χ2v) is 13.1. The highest BCUT2D eigenvalue weighted by molar-refractivity contribution is 6.06. The number of fused-ring (bicyclic) bond motifs is 3. The summed E-state index contributed by atoms with van der Waals surface area (Å²) in [5.74, 6) is 7.21. The molecule has 3 fully saturated rings. The number of rotatable bonds is 6. The van der Waals surface area contributed by atoms with Crippen LogP contribution in [0.5, 0.6) is 5.88 Å². The van der Waals surface area contributed by atoms with E-state index >= 15 is 0 Å². The summed E-state index contributed by atoms with van der Waals surface area (Å²) in [6.07, 6.45) is 2.87. The molecule has 13 nitrogen and oxygen atoms in total. The molecule has 7 heterocycles. The number of carbonyl (C=O) groups is 1. The highest BCUT2D eigenvalue weighted by Crippen LogP contribution is 2.41. The van der Waals surface area contributed by atoms with Crippen molar-refractivity contribution >= 4 is 39.5 Å². The van der Waals surface area contributed by atoms with Crippen LogP contribution in [0.25, 0.3) is 22.1 Å². The number of para-hydroxylation sites is 1. The third kappa shape index (κ3) is 5.50. The number of oxazole rings is 1. The molecule has 0 aliphatic carbocycles. The van der Waals surface area contributed by atoms with E-state index in [1.54, 1.807) is 18.0 Å². The molecule has 49 heavy (non-hydrogen) atoms. The van der Waals surface area contributed by atoms with Gasteiger partial charge in [0.25, 0.3) is 0 Å². The zero-order valence-corrected chi connectivity index (χ0v) is 27.7. The van der Waals surface area contributed by atoms with Crippen molar-refractivity contribution in [2.75, 3.05) is 42.7 Å². The zero-order chi connectivity index (χ0) is 33.9. The van der Waals surface area contributed by atoms with Gasteiger partial charge in [0.05, 0.1) is 32.4 Å². The van der Waals surface area contributed by atoms with Crippen molar-refractivity contribution in [3.63, 3.8) is 0 Å². The van der Waals surface area contributed by atoms with Crippen LogP contribution in [0.15, 0.2) is 51.6 Å². The standard InChI is InChI=1S/C36H36N6O7/c1-20(2)32-39-30-26-7-5-6-8-29(26)49-31(30)33(40-32)42-16-25(14-28(42)35(43)44)48-34-27(41-11-12-47-36(21(41)3)18-45-19-36)13-23(15-37-34)9-10-24-17-46-22(4)38-24/h5-8,13,15,17,20-21,25,28H,11-12,14,16,18-19H2,1-4H3,(H,43,44)/t21-,25-,28-/m0/s1. The molecular weight excluding hydrogens is 628 g/mol. The van der Waals surface area contributed by atoms with E-state index in [1.807, 2.05) is 44.2 Å². The third-order valence-electron chi connectivity index (χ3n) is 9.57. The number of morpholine rings is 1. The monoisotopic (exact) mass is 664 g/mol. The normalized spacial score (nSPS) is 21.7. The van der Waals surface area contributed by atoms with Crippen molar-refractivity contribution in [2.24, 2.45) is 0 Å². The van der Waals surface area contributed by atoms with Crippen LogP contribution >= 0.6 is 0 Å². The van der Waals surface area contributed by atoms with E-state index in [0.29, 0.717) is 77.7 Å². The van der Waals surface area contributed by atoms with E-state index < -0.39 is 23.7 Å². The summed E-state index contributed by atoms with van der Waals surface area (Å²) in [7, 11) is 0. The van der Waals surface area contributed by atoms with Crippen LogP contribution in [0.1, 0.15) is 56.1 Å². The molecule has 0 radical (unpaired) electrons. The van der Waals surface area contributed by atoms with E-state index in [-0.39, 0.29) is 24.9 Å². The number of furan rings is 1. The number of hydrogen-bond acceptors (Lipinski definition) is 12. The van der Waals surface area contributed by atoms with Crippen LogP contribution in [0, 0.1) is 18.8 Å². The fraction of sp³-hybridized carbons (Fsp3) is 0.417. The van der Waals surface area contributed by atoms with Crippen molar-refractivity contribution in [3.8, 4) is 17.7 Å². The molecule has 13 heteroatoms. The van der Waals surface area contributed by atoms with Gasteiger partial charge >= 0.3 is 5.97 Å². The van der Waals surface area contributed by atoms with Gasteiger partial charge in [0, 0.05) is 43.0 Å². The minimum Gasteiger partial charge on any atom is -0.480 e. The van der Waals surface area contributed by atoms with Crippen LogP contribution in [-0.4, -0.2) is 87.7 Å². The van der Waals surface area contributed by atoms with Gasteiger partial charge in [-0.05, 0) is 31.0 Å². The zero-order valence-electron chi connectivity index (χ0n) is 27.7. The van der Waals surface area contributed by atoms with Crippen molar-refractivity contribution in [1.29, 1.82) is 0 Å². The van der Waals surface area contributed by atoms with Gasteiger partial charge in [0.2, 0.25) is 5.88 Å². The second-order valence-electron chi connectivity index (χ2n) is 13.1. The predicted molar refractivity (Wildman–Crippen MR) is 179 cm³/mol. The highest BCUT2D eigenvalue weighted by atomic mass is 16.6. The number of benzene rings is 1. The van der Waals surface area contributed by atoms with Crippen LogP contribution in [0.4, 0.5) is 11.5 Å². The second kappa shape index (κ2) is 12.0. The summed E-state index contributed by atoms with van der Waals surface area (Å²) in [5.41, 5.74) is 3.31. The molecule has 0 bridgehead atoms. The largest absolute Gasteiger partial charge is 0.480 e. The third-order valence-corrected chi connectivity index (χ3v) is 9.57. The van der Waals surface area contributed by atoms with Gasteiger partial charge in [0.15, 0.2) is 23.0 Å². The van der Waals surface area contributed by atoms with Crippen molar-refractivity contribution in [3.05, 3.63) is 65.8 Å².